The number of ether oxygens (including phenoxy) is 1. The van der Waals surface area contributed by atoms with Crippen LogP contribution in [-0.4, -0.2) is 50.5 Å². The van der Waals surface area contributed by atoms with E-state index in [0.717, 1.165) is 18.7 Å². The van der Waals surface area contributed by atoms with Gasteiger partial charge >= 0.3 is 5.97 Å². The second kappa shape index (κ2) is 5.86. The number of hydrogen-bond donors (Lipinski definition) is 0. The van der Waals surface area contributed by atoms with Gasteiger partial charge in [0.1, 0.15) is 5.54 Å². The minimum atomic E-state index is -0.765. The molecule has 0 aromatic carbocycles. The van der Waals surface area contributed by atoms with Crippen LogP contribution in [0.15, 0.2) is 0 Å². The molecule has 2 aliphatic heterocycles. The van der Waals surface area contributed by atoms with Gasteiger partial charge < -0.3 is 9.64 Å². The van der Waals surface area contributed by atoms with E-state index >= 15 is 0 Å². The number of aromatic nitrogens is 3. The first-order valence-electron chi connectivity index (χ1n) is 9.01. The third-order valence-electron chi connectivity index (χ3n) is 5.95. The molecular weight excluding hydrogens is 308 g/mol. The quantitative estimate of drug-likeness (QED) is 0.787. The van der Waals surface area contributed by atoms with E-state index in [2.05, 4.69) is 10.3 Å². The number of cyclic esters (lactones) is 1. The fourth-order valence-corrected chi connectivity index (χ4v) is 4.49. The molecule has 2 saturated heterocycles. The Balaban J connectivity index is 1.56. The van der Waals surface area contributed by atoms with E-state index in [9.17, 15) is 9.59 Å². The highest BCUT2D eigenvalue weighted by atomic mass is 16.5. The van der Waals surface area contributed by atoms with Crippen LogP contribution in [0.3, 0.4) is 0 Å². The molecule has 7 nitrogen and oxygen atoms in total. The van der Waals surface area contributed by atoms with Crippen LogP contribution in [-0.2, 0) is 16.1 Å². The smallest absolute Gasteiger partial charge is 0.332 e. The van der Waals surface area contributed by atoms with Gasteiger partial charge in [-0.05, 0) is 38.5 Å². The van der Waals surface area contributed by atoms with Crippen LogP contribution in [0.25, 0.3) is 0 Å². The van der Waals surface area contributed by atoms with Gasteiger partial charge in [-0.2, -0.15) is 0 Å². The minimum Gasteiger partial charge on any atom is -0.464 e. The molecule has 4 rings (SSSR count). The molecule has 1 aliphatic carbocycles. The topological polar surface area (TPSA) is 77.3 Å². The number of amides is 1. The lowest BCUT2D eigenvalue weighted by Crippen LogP contribution is -2.50. The predicted octanol–water partition coefficient (Wildman–Crippen LogP) is 1.70. The van der Waals surface area contributed by atoms with E-state index in [1.807, 2.05) is 11.6 Å². The fraction of sp³-hybridized carbons (Fsp3) is 0.765. The Labute approximate surface area is 141 Å². The highest BCUT2D eigenvalue weighted by molar-refractivity contribution is 5.98. The summed E-state index contributed by atoms with van der Waals surface area (Å²) < 4.78 is 7.02. The molecule has 3 aliphatic rings. The molecule has 7 heteroatoms. The van der Waals surface area contributed by atoms with Crippen LogP contribution in [0, 0.1) is 12.8 Å². The summed E-state index contributed by atoms with van der Waals surface area (Å²) in [6.45, 7) is 3.72. The summed E-state index contributed by atoms with van der Waals surface area (Å²) in [5.74, 6) is 0.196. The van der Waals surface area contributed by atoms with Crippen molar-refractivity contribution in [2.24, 2.45) is 5.92 Å². The van der Waals surface area contributed by atoms with Crippen molar-refractivity contribution in [2.75, 3.05) is 13.2 Å². The van der Waals surface area contributed by atoms with Crippen molar-refractivity contribution in [1.29, 1.82) is 0 Å². The largest absolute Gasteiger partial charge is 0.464 e. The molecule has 1 spiro atoms. The van der Waals surface area contributed by atoms with Crippen molar-refractivity contribution < 1.29 is 14.3 Å². The van der Waals surface area contributed by atoms with Crippen molar-refractivity contribution in [3.63, 3.8) is 0 Å². The number of likely N-dealkylation sites (tertiary alicyclic amines) is 1. The lowest BCUT2D eigenvalue weighted by molar-refractivity contribution is -0.145. The molecule has 24 heavy (non-hydrogen) atoms. The first-order valence-corrected chi connectivity index (χ1v) is 9.01. The summed E-state index contributed by atoms with van der Waals surface area (Å²) in [6, 6.07) is 0. The average Bonchev–Trinajstić information content (AvgIpc) is 3.33. The zero-order chi connectivity index (χ0) is 16.7. The van der Waals surface area contributed by atoms with Gasteiger partial charge in [0.25, 0.3) is 5.91 Å². The minimum absolute atomic E-state index is 0.179. The van der Waals surface area contributed by atoms with E-state index in [-0.39, 0.29) is 11.9 Å². The van der Waals surface area contributed by atoms with Crippen LogP contribution in [0.4, 0.5) is 0 Å². The highest BCUT2D eigenvalue weighted by Gasteiger charge is 2.54. The van der Waals surface area contributed by atoms with Crippen LogP contribution in [0.1, 0.15) is 61.1 Å². The lowest BCUT2D eigenvalue weighted by atomic mass is 9.94. The Hall–Kier alpha value is -1.92. The Bertz CT molecular complexity index is 661. The third-order valence-corrected chi connectivity index (χ3v) is 5.95. The average molecular weight is 332 g/mol. The normalized spacial score (nSPS) is 27.4. The highest BCUT2D eigenvalue weighted by Crippen LogP contribution is 2.38. The standard InChI is InChI=1S/C17H24N4O3/c1-12-14(18-19-21(12)11-13-5-2-3-6-13)15(22)20-9-4-7-17(20)8-10-24-16(17)23/h13H,2-11H2,1H3. The van der Waals surface area contributed by atoms with E-state index in [1.165, 1.54) is 25.7 Å². The zero-order valence-corrected chi connectivity index (χ0v) is 14.2. The molecule has 1 atom stereocenters. The van der Waals surface area contributed by atoms with Gasteiger partial charge in [0.2, 0.25) is 0 Å². The van der Waals surface area contributed by atoms with Gasteiger partial charge in [-0.25, -0.2) is 9.48 Å². The molecule has 1 aromatic rings. The van der Waals surface area contributed by atoms with Crippen molar-refractivity contribution >= 4 is 11.9 Å². The van der Waals surface area contributed by atoms with E-state index in [0.29, 0.717) is 37.6 Å². The van der Waals surface area contributed by atoms with Gasteiger partial charge in [0.15, 0.2) is 5.69 Å². The molecule has 0 bridgehead atoms. The summed E-state index contributed by atoms with van der Waals surface area (Å²) in [7, 11) is 0. The van der Waals surface area contributed by atoms with E-state index < -0.39 is 5.54 Å². The Kier molecular flexibility index (Phi) is 3.81. The molecule has 1 unspecified atom stereocenters. The van der Waals surface area contributed by atoms with Crippen LogP contribution >= 0.6 is 0 Å². The number of nitrogens with zero attached hydrogens (tertiary/aromatic N) is 4. The Morgan fingerprint density at radius 2 is 2.08 bits per heavy atom. The first-order chi connectivity index (χ1) is 11.6. The maximum absolute atomic E-state index is 13.0. The molecule has 3 heterocycles. The number of hydrogen-bond acceptors (Lipinski definition) is 5. The molecule has 0 radical (unpaired) electrons. The number of carbonyl (C=O) groups excluding carboxylic acids is 2. The molecule has 1 aromatic heterocycles. The van der Waals surface area contributed by atoms with Gasteiger partial charge in [0.05, 0.1) is 12.3 Å². The number of esters is 1. The molecule has 3 fully saturated rings. The second-order valence-corrected chi connectivity index (χ2v) is 7.33. The van der Waals surface area contributed by atoms with Gasteiger partial charge in [-0.3, -0.25) is 4.79 Å². The van der Waals surface area contributed by atoms with E-state index in [1.54, 1.807) is 4.90 Å². The van der Waals surface area contributed by atoms with Crippen LogP contribution in [0.5, 0.6) is 0 Å². The fourth-order valence-electron chi connectivity index (χ4n) is 4.49. The maximum Gasteiger partial charge on any atom is 0.332 e. The molecular formula is C17H24N4O3. The van der Waals surface area contributed by atoms with E-state index in [4.69, 9.17) is 4.74 Å². The zero-order valence-electron chi connectivity index (χ0n) is 14.2. The number of rotatable bonds is 3. The van der Waals surface area contributed by atoms with Crippen molar-refractivity contribution in [1.82, 2.24) is 19.9 Å². The van der Waals surface area contributed by atoms with Crippen molar-refractivity contribution in [3.05, 3.63) is 11.4 Å². The van der Waals surface area contributed by atoms with Crippen molar-refractivity contribution in [2.45, 2.75) is 64.0 Å². The van der Waals surface area contributed by atoms with Crippen molar-refractivity contribution in [3.8, 4) is 0 Å². The number of carbonyl (C=O) groups is 2. The van der Waals surface area contributed by atoms with Gasteiger partial charge in [0, 0.05) is 19.5 Å². The molecule has 1 amide bonds. The van der Waals surface area contributed by atoms with Crippen LogP contribution in [0.2, 0.25) is 0 Å². The Morgan fingerprint density at radius 3 is 2.79 bits per heavy atom. The predicted molar refractivity (Wildman–Crippen MR) is 85.3 cm³/mol. The second-order valence-electron chi connectivity index (χ2n) is 7.33. The summed E-state index contributed by atoms with van der Waals surface area (Å²) in [5.41, 5.74) is 0.424. The Morgan fingerprint density at radius 1 is 1.29 bits per heavy atom. The molecule has 0 N–H and O–H groups in total. The SMILES string of the molecule is Cc1c(C(=O)N2CCCC23CCOC3=O)nnn1CC1CCCC1. The summed E-state index contributed by atoms with van der Waals surface area (Å²) in [6.07, 6.45) is 7.12. The summed E-state index contributed by atoms with van der Waals surface area (Å²) in [4.78, 5) is 26.9. The monoisotopic (exact) mass is 332 g/mol. The van der Waals surface area contributed by atoms with Crippen LogP contribution < -0.4 is 0 Å². The molecule has 1 saturated carbocycles. The third kappa shape index (κ3) is 2.32. The summed E-state index contributed by atoms with van der Waals surface area (Å²) >= 11 is 0. The lowest BCUT2D eigenvalue weighted by Gasteiger charge is -2.30. The van der Waals surface area contributed by atoms with Gasteiger partial charge in [-0.15, -0.1) is 5.10 Å². The molecule has 130 valence electrons. The first kappa shape index (κ1) is 15.6. The van der Waals surface area contributed by atoms with Gasteiger partial charge in [-0.1, -0.05) is 18.1 Å². The maximum atomic E-state index is 13.0. The summed E-state index contributed by atoms with van der Waals surface area (Å²) in [5, 5.41) is 8.36.